The van der Waals surface area contributed by atoms with Gasteiger partial charge in [-0.25, -0.2) is 4.68 Å². The van der Waals surface area contributed by atoms with Crippen molar-refractivity contribution in [1.82, 2.24) is 20.4 Å². The number of hydrogen-bond acceptors (Lipinski definition) is 3. The van der Waals surface area contributed by atoms with Crippen LogP contribution in [0.2, 0.25) is 10.0 Å². The number of amides is 2. The van der Waals surface area contributed by atoms with Crippen LogP contribution < -0.4 is 10.6 Å². The lowest BCUT2D eigenvalue weighted by molar-refractivity contribution is -0.124. The third-order valence-corrected chi connectivity index (χ3v) is 5.08. The van der Waals surface area contributed by atoms with Crippen LogP contribution in [0.15, 0.2) is 60.9 Å². The number of para-hydroxylation sites is 1. The lowest BCUT2D eigenvalue weighted by Crippen LogP contribution is -2.49. The van der Waals surface area contributed by atoms with Crippen LogP contribution in [-0.4, -0.2) is 27.6 Å². The van der Waals surface area contributed by atoms with Crippen molar-refractivity contribution in [3.05, 3.63) is 82.1 Å². The van der Waals surface area contributed by atoms with Gasteiger partial charge in [0.25, 0.3) is 5.91 Å². The molecule has 2 amide bonds. The molecule has 156 valence electrons. The van der Waals surface area contributed by atoms with E-state index in [1.54, 1.807) is 16.9 Å². The Morgan fingerprint density at radius 1 is 1.10 bits per heavy atom. The van der Waals surface area contributed by atoms with Gasteiger partial charge in [0.05, 0.1) is 22.5 Å². The summed E-state index contributed by atoms with van der Waals surface area (Å²) in [6, 6.07) is 13.6. The smallest absolute Gasteiger partial charge is 0.253 e. The molecule has 0 aliphatic rings. The molecule has 0 fully saturated rings. The van der Waals surface area contributed by atoms with E-state index in [4.69, 9.17) is 23.2 Å². The first-order chi connectivity index (χ1) is 14.3. The molecule has 0 spiro atoms. The maximum atomic E-state index is 12.7. The standard InChI is InChI=1S/C22H22Cl2N4O2/c1-14(2)20(27-21(29)18-9-8-16(23)10-19(18)24)22(30)25-11-15-12-26-28(13-15)17-6-4-3-5-7-17/h3-10,12-14,20H,11H2,1-2H3,(H,25,30)(H,27,29)/t20-/m1/s1. The van der Waals surface area contributed by atoms with E-state index in [1.165, 1.54) is 12.1 Å². The molecule has 30 heavy (non-hydrogen) atoms. The molecule has 0 bridgehead atoms. The summed E-state index contributed by atoms with van der Waals surface area (Å²) in [5.41, 5.74) is 2.05. The largest absolute Gasteiger partial charge is 0.350 e. The van der Waals surface area contributed by atoms with Gasteiger partial charge in [-0.05, 0) is 36.2 Å². The van der Waals surface area contributed by atoms with Crippen LogP contribution in [0, 0.1) is 5.92 Å². The highest BCUT2D eigenvalue weighted by Gasteiger charge is 2.25. The molecular weight excluding hydrogens is 423 g/mol. The Bertz CT molecular complexity index is 1030. The molecule has 1 heterocycles. The number of hydrogen-bond donors (Lipinski definition) is 2. The summed E-state index contributed by atoms with van der Waals surface area (Å²) < 4.78 is 1.74. The maximum absolute atomic E-state index is 12.7. The summed E-state index contributed by atoms with van der Waals surface area (Å²) in [5, 5.41) is 10.6. The summed E-state index contributed by atoms with van der Waals surface area (Å²) in [4.78, 5) is 25.3. The van der Waals surface area contributed by atoms with Crippen LogP contribution in [0.5, 0.6) is 0 Å². The van der Waals surface area contributed by atoms with Gasteiger partial charge in [-0.1, -0.05) is 55.2 Å². The topological polar surface area (TPSA) is 76.0 Å². The molecule has 0 aliphatic carbocycles. The summed E-state index contributed by atoms with van der Waals surface area (Å²) in [6.07, 6.45) is 3.55. The highest BCUT2D eigenvalue weighted by Crippen LogP contribution is 2.21. The van der Waals surface area contributed by atoms with Crippen LogP contribution >= 0.6 is 23.2 Å². The quantitative estimate of drug-likeness (QED) is 0.571. The summed E-state index contributed by atoms with van der Waals surface area (Å²) >= 11 is 12.0. The van der Waals surface area contributed by atoms with E-state index in [1.807, 2.05) is 50.4 Å². The highest BCUT2D eigenvalue weighted by molar-refractivity contribution is 6.36. The van der Waals surface area contributed by atoms with Crippen molar-refractivity contribution in [3.63, 3.8) is 0 Å². The van der Waals surface area contributed by atoms with Crippen molar-refractivity contribution in [2.75, 3.05) is 0 Å². The van der Waals surface area contributed by atoms with Gasteiger partial charge in [-0.3, -0.25) is 9.59 Å². The lowest BCUT2D eigenvalue weighted by Gasteiger charge is -2.22. The minimum atomic E-state index is -0.714. The molecular formula is C22H22Cl2N4O2. The van der Waals surface area contributed by atoms with E-state index in [9.17, 15) is 9.59 Å². The molecule has 0 saturated heterocycles. The second kappa shape index (κ2) is 9.78. The van der Waals surface area contributed by atoms with Gasteiger partial charge in [0.1, 0.15) is 6.04 Å². The number of carbonyl (C=O) groups excluding carboxylic acids is 2. The predicted octanol–water partition coefficient (Wildman–Crippen LogP) is 4.25. The minimum Gasteiger partial charge on any atom is -0.350 e. The number of nitrogens with one attached hydrogen (secondary N) is 2. The van der Waals surface area contributed by atoms with Gasteiger partial charge in [-0.15, -0.1) is 0 Å². The molecule has 0 aliphatic heterocycles. The van der Waals surface area contributed by atoms with Gasteiger partial charge in [-0.2, -0.15) is 5.10 Å². The van der Waals surface area contributed by atoms with Crippen LogP contribution in [0.3, 0.4) is 0 Å². The first-order valence-electron chi connectivity index (χ1n) is 9.47. The molecule has 0 radical (unpaired) electrons. The van der Waals surface area contributed by atoms with Crippen LogP contribution in [-0.2, 0) is 11.3 Å². The van der Waals surface area contributed by atoms with Crippen molar-refractivity contribution in [3.8, 4) is 5.69 Å². The second-order valence-corrected chi connectivity index (χ2v) is 8.01. The van der Waals surface area contributed by atoms with Gasteiger partial charge in [0, 0.05) is 23.3 Å². The monoisotopic (exact) mass is 444 g/mol. The van der Waals surface area contributed by atoms with Crippen molar-refractivity contribution >= 4 is 35.0 Å². The first kappa shape index (κ1) is 21.9. The Morgan fingerprint density at radius 3 is 2.50 bits per heavy atom. The van der Waals surface area contributed by atoms with Crippen molar-refractivity contribution < 1.29 is 9.59 Å². The molecule has 1 aromatic heterocycles. The third-order valence-electron chi connectivity index (χ3n) is 4.54. The Morgan fingerprint density at radius 2 is 1.83 bits per heavy atom. The summed E-state index contributed by atoms with van der Waals surface area (Å²) in [5.74, 6) is -0.828. The number of aromatic nitrogens is 2. The third kappa shape index (κ3) is 5.40. The molecule has 3 rings (SSSR count). The van der Waals surface area contributed by atoms with Crippen LogP contribution in [0.1, 0.15) is 29.8 Å². The van der Waals surface area contributed by atoms with Gasteiger partial charge >= 0.3 is 0 Å². The van der Waals surface area contributed by atoms with Gasteiger partial charge < -0.3 is 10.6 Å². The Hall–Kier alpha value is -2.83. The molecule has 0 unspecified atom stereocenters. The zero-order chi connectivity index (χ0) is 21.7. The Kier molecular flexibility index (Phi) is 7.13. The first-order valence-corrected chi connectivity index (χ1v) is 10.2. The Labute approximate surface area is 185 Å². The van der Waals surface area contributed by atoms with Crippen molar-refractivity contribution in [2.24, 2.45) is 5.92 Å². The van der Waals surface area contributed by atoms with E-state index < -0.39 is 11.9 Å². The zero-order valence-electron chi connectivity index (χ0n) is 16.6. The molecule has 0 saturated carbocycles. The fourth-order valence-electron chi connectivity index (χ4n) is 2.90. The highest BCUT2D eigenvalue weighted by atomic mass is 35.5. The minimum absolute atomic E-state index is 0.118. The number of rotatable bonds is 7. The fraction of sp³-hybridized carbons (Fsp3) is 0.227. The molecule has 1 atom stereocenters. The van der Waals surface area contributed by atoms with E-state index in [0.717, 1.165) is 11.3 Å². The van der Waals surface area contributed by atoms with E-state index in [-0.39, 0.29) is 22.4 Å². The van der Waals surface area contributed by atoms with Crippen molar-refractivity contribution in [2.45, 2.75) is 26.4 Å². The number of nitrogens with zero attached hydrogens (tertiary/aromatic N) is 2. The molecule has 6 nitrogen and oxygen atoms in total. The normalized spacial score (nSPS) is 11.9. The van der Waals surface area contributed by atoms with Gasteiger partial charge in [0.2, 0.25) is 5.91 Å². The SMILES string of the molecule is CC(C)[C@@H](NC(=O)c1ccc(Cl)cc1Cl)C(=O)NCc1cnn(-c2ccccc2)c1. The summed E-state index contributed by atoms with van der Waals surface area (Å²) in [6.45, 7) is 4.02. The summed E-state index contributed by atoms with van der Waals surface area (Å²) in [7, 11) is 0. The van der Waals surface area contributed by atoms with Gasteiger partial charge in [0.15, 0.2) is 0 Å². The second-order valence-electron chi connectivity index (χ2n) is 7.17. The maximum Gasteiger partial charge on any atom is 0.253 e. The van der Waals surface area contributed by atoms with E-state index in [2.05, 4.69) is 15.7 Å². The predicted molar refractivity (Wildman–Crippen MR) is 118 cm³/mol. The number of carbonyl (C=O) groups is 2. The lowest BCUT2D eigenvalue weighted by atomic mass is 10.0. The van der Waals surface area contributed by atoms with Crippen molar-refractivity contribution in [1.29, 1.82) is 0 Å². The van der Waals surface area contributed by atoms with E-state index in [0.29, 0.717) is 11.6 Å². The molecule has 2 aromatic carbocycles. The fourth-order valence-corrected chi connectivity index (χ4v) is 3.39. The number of benzene rings is 2. The van der Waals surface area contributed by atoms with Crippen LogP contribution in [0.25, 0.3) is 5.69 Å². The van der Waals surface area contributed by atoms with E-state index >= 15 is 0 Å². The number of halogens is 2. The average Bonchev–Trinajstić information content (AvgIpc) is 3.19. The average molecular weight is 445 g/mol. The molecule has 2 N–H and O–H groups in total. The molecule has 3 aromatic rings. The van der Waals surface area contributed by atoms with Crippen LogP contribution in [0.4, 0.5) is 0 Å². The zero-order valence-corrected chi connectivity index (χ0v) is 18.1. The molecule has 8 heteroatoms. The Balaban J connectivity index is 1.63.